The van der Waals surface area contributed by atoms with Gasteiger partial charge >= 0.3 is 6.09 Å². The van der Waals surface area contributed by atoms with E-state index < -0.39 is 16.2 Å². The summed E-state index contributed by atoms with van der Waals surface area (Å²) in [6.45, 7) is 2.83. The van der Waals surface area contributed by atoms with Gasteiger partial charge in [-0.25, -0.2) is 4.79 Å². The first kappa shape index (κ1) is 15.8. The predicted octanol–water partition coefficient (Wildman–Crippen LogP) is 2.09. The second-order valence-corrected chi connectivity index (χ2v) is 6.88. The molecule has 1 aromatic rings. The summed E-state index contributed by atoms with van der Waals surface area (Å²) in [4.78, 5) is 12.3. The minimum absolute atomic E-state index is 0.0702. The fourth-order valence-corrected chi connectivity index (χ4v) is 3.23. The van der Waals surface area contributed by atoms with Crippen molar-refractivity contribution < 1.29 is 22.5 Å². The fourth-order valence-electron chi connectivity index (χ4n) is 2.25. The summed E-state index contributed by atoms with van der Waals surface area (Å²) >= 11 is 0. The van der Waals surface area contributed by atoms with Gasteiger partial charge in [0, 0.05) is 13.1 Å². The zero-order valence-corrected chi connectivity index (χ0v) is 12.7. The molecule has 21 heavy (non-hydrogen) atoms. The van der Waals surface area contributed by atoms with Crippen LogP contribution in [0, 0.1) is 12.8 Å². The van der Waals surface area contributed by atoms with Crippen LogP contribution in [0.2, 0.25) is 0 Å². The molecule has 0 atom stereocenters. The van der Waals surface area contributed by atoms with E-state index in [-0.39, 0.29) is 17.4 Å². The average molecular weight is 313 g/mol. The van der Waals surface area contributed by atoms with Gasteiger partial charge in [0.15, 0.2) is 0 Å². The lowest BCUT2D eigenvalue weighted by Crippen LogP contribution is -2.38. The number of nitrogens with zero attached hydrogens (tertiary/aromatic N) is 1. The first-order valence-corrected chi connectivity index (χ1v) is 8.23. The number of aryl methyl sites for hydroxylation is 1. The Morgan fingerprint density at radius 3 is 2.38 bits per heavy atom. The molecule has 1 N–H and O–H groups in total. The van der Waals surface area contributed by atoms with Crippen LogP contribution in [-0.2, 0) is 14.3 Å². The Hall–Kier alpha value is -1.60. The molecule has 116 valence electrons. The topological polar surface area (TPSA) is 83.9 Å². The lowest BCUT2D eigenvalue weighted by molar-refractivity contribution is 0.112. The van der Waals surface area contributed by atoms with E-state index in [1.165, 1.54) is 17.0 Å². The van der Waals surface area contributed by atoms with Crippen LogP contribution in [0.1, 0.15) is 18.4 Å². The number of hydrogen-bond acceptors (Lipinski definition) is 4. The van der Waals surface area contributed by atoms with Crippen molar-refractivity contribution in [2.75, 3.05) is 19.7 Å². The molecule has 0 aliphatic carbocycles. The molecule has 1 heterocycles. The summed E-state index contributed by atoms with van der Waals surface area (Å²) in [7, 11) is -3.74. The zero-order valence-electron chi connectivity index (χ0n) is 11.9. The van der Waals surface area contributed by atoms with Gasteiger partial charge in [-0.3, -0.25) is 4.18 Å². The van der Waals surface area contributed by atoms with Crippen molar-refractivity contribution in [3.8, 4) is 0 Å². The quantitative estimate of drug-likeness (QED) is 0.860. The first-order valence-electron chi connectivity index (χ1n) is 6.82. The van der Waals surface area contributed by atoms with Crippen molar-refractivity contribution in [3.05, 3.63) is 29.8 Å². The molecule has 2 rings (SSSR count). The molecule has 0 spiro atoms. The number of carbonyl (C=O) groups is 1. The molecule has 1 aliphatic rings. The van der Waals surface area contributed by atoms with Crippen molar-refractivity contribution in [1.82, 2.24) is 4.90 Å². The van der Waals surface area contributed by atoms with Crippen LogP contribution in [-0.4, -0.2) is 44.2 Å². The normalized spacial score (nSPS) is 16.9. The van der Waals surface area contributed by atoms with Crippen molar-refractivity contribution in [2.24, 2.45) is 5.92 Å². The van der Waals surface area contributed by atoms with Crippen LogP contribution < -0.4 is 0 Å². The van der Waals surface area contributed by atoms with Gasteiger partial charge in [-0.05, 0) is 37.8 Å². The summed E-state index contributed by atoms with van der Waals surface area (Å²) in [6.07, 6.45) is 0.312. The Kier molecular flexibility index (Phi) is 4.84. The predicted molar refractivity (Wildman–Crippen MR) is 76.6 cm³/mol. The number of piperidine rings is 1. The highest BCUT2D eigenvalue weighted by Gasteiger charge is 2.24. The summed E-state index contributed by atoms with van der Waals surface area (Å²) in [5.41, 5.74) is 0.981. The van der Waals surface area contributed by atoms with Gasteiger partial charge in [-0.2, -0.15) is 8.42 Å². The molecule has 0 unspecified atom stereocenters. The Morgan fingerprint density at radius 2 is 1.86 bits per heavy atom. The van der Waals surface area contributed by atoms with Crippen LogP contribution in [0.4, 0.5) is 4.79 Å². The smallest absolute Gasteiger partial charge is 0.407 e. The maximum atomic E-state index is 12.0. The van der Waals surface area contributed by atoms with Crippen LogP contribution in [0.3, 0.4) is 0 Å². The molecule has 1 amide bonds. The van der Waals surface area contributed by atoms with Crippen molar-refractivity contribution in [1.29, 1.82) is 0 Å². The van der Waals surface area contributed by atoms with E-state index >= 15 is 0 Å². The Labute approximate surface area is 124 Å². The van der Waals surface area contributed by atoms with Gasteiger partial charge in [-0.1, -0.05) is 17.7 Å². The highest BCUT2D eigenvalue weighted by Crippen LogP contribution is 2.20. The van der Waals surface area contributed by atoms with E-state index in [9.17, 15) is 13.2 Å². The molecule has 0 aromatic heterocycles. The van der Waals surface area contributed by atoms with E-state index in [4.69, 9.17) is 9.29 Å². The van der Waals surface area contributed by atoms with Gasteiger partial charge < -0.3 is 10.0 Å². The standard InChI is InChI=1S/C14H19NO5S/c1-11-2-4-13(5-3-11)21(18,19)20-10-12-6-8-15(9-7-12)14(16)17/h2-5,12H,6-10H2,1H3,(H,16,17). The fraction of sp³-hybridized carbons (Fsp3) is 0.500. The number of carboxylic acid groups (broad SMARTS) is 1. The monoisotopic (exact) mass is 313 g/mol. The third kappa shape index (κ3) is 4.18. The molecule has 1 aromatic carbocycles. The lowest BCUT2D eigenvalue weighted by atomic mass is 9.98. The number of hydrogen-bond donors (Lipinski definition) is 1. The molecule has 1 saturated heterocycles. The Bertz CT molecular complexity index is 588. The number of likely N-dealkylation sites (tertiary alicyclic amines) is 1. The van der Waals surface area contributed by atoms with Gasteiger partial charge in [0.2, 0.25) is 0 Å². The maximum absolute atomic E-state index is 12.0. The molecule has 1 fully saturated rings. The Morgan fingerprint density at radius 1 is 1.29 bits per heavy atom. The molecule has 7 heteroatoms. The number of amides is 1. The minimum Gasteiger partial charge on any atom is -0.465 e. The molecule has 0 saturated carbocycles. The van der Waals surface area contributed by atoms with Crippen LogP contribution >= 0.6 is 0 Å². The molecular formula is C14H19NO5S. The van der Waals surface area contributed by atoms with Crippen molar-refractivity contribution in [2.45, 2.75) is 24.7 Å². The molecule has 1 aliphatic heterocycles. The molecule has 0 radical (unpaired) electrons. The van der Waals surface area contributed by atoms with Gasteiger partial charge in [0.1, 0.15) is 0 Å². The van der Waals surface area contributed by atoms with Gasteiger partial charge in [-0.15, -0.1) is 0 Å². The summed E-state index contributed by atoms with van der Waals surface area (Å²) in [5, 5.41) is 8.85. The lowest BCUT2D eigenvalue weighted by Gasteiger charge is -2.29. The summed E-state index contributed by atoms with van der Waals surface area (Å²) in [5.74, 6) is 0.0702. The Balaban J connectivity index is 1.88. The van der Waals surface area contributed by atoms with Crippen LogP contribution in [0.25, 0.3) is 0 Å². The van der Waals surface area contributed by atoms with Crippen LogP contribution in [0.5, 0.6) is 0 Å². The second kappa shape index (κ2) is 6.44. The molecule has 0 bridgehead atoms. The molecular weight excluding hydrogens is 294 g/mol. The van der Waals surface area contributed by atoms with E-state index in [1.807, 2.05) is 6.92 Å². The van der Waals surface area contributed by atoms with E-state index in [0.29, 0.717) is 25.9 Å². The van der Waals surface area contributed by atoms with Crippen molar-refractivity contribution in [3.63, 3.8) is 0 Å². The van der Waals surface area contributed by atoms with Gasteiger partial charge in [0.25, 0.3) is 10.1 Å². The highest BCUT2D eigenvalue weighted by atomic mass is 32.2. The maximum Gasteiger partial charge on any atom is 0.407 e. The minimum atomic E-state index is -3.74. The largest absolute Gasteiger partial charge is 0.465 e. The third-order valence-corrected chi connectivity index (χ3v) is 4.95. The number of rotatable bonds is 4. The number of benzene rings is 1. The van der Waals surface area contributed by atoms with Gasteiger partial charge in [0.05, 0.1) is 11.5 Å². The van der Waals surface area contributed by atoms with Crippen LogP contribution in [0.15, 0.2) is 29.2 Å². The highest BCUT2D eigenvalue weighted by molar-refractivity contribution is 7.86. The zero-order chi connectivity index (χ0) is 15.5. The molecule has 6 nitrogen and oxygen atoms in total. The average Bonchev–Trinajstić information content (AvgIpc) is 2.46. The second-order valence-electron chi connectivity index (χ2n) is 5.26. The SMILES string of the molecule is Cc1ccc(S(=O)(=O)OCC2CCN(C(=O)O)CC2)cc1. The summed E-state index contributed by atoms with van der Waals surface area (Å²) in [6, 6.07) is 6.50. The van der Waals surface area contributed by atoms with E-state index in [1.54, 1.807) is 12.1 Å². The van der Waals surface area contributed by atoms with Crippen molar-refractivity contribution >= 4 is 16.2 Å². The third-order valence-electron chi connectivity index (χ3n) is 3.65. The van der Waals surface area contributed by atoms with E-state index in [2.05, 4.69) is 0 Å². The first-order chi connectivity index (χ1) is 9.88. The van der Waals surface area contributed by atoms with E-state index in [0.717, 1.165) is 5.56 Å². The summed E-state index contributed by atoms with van der Waals surface area (Å²) < 4.78 is 29.2.